The summed E-state index contributed by atoms with van der Waals surface area (Å²) in [5.74, 6) is 0.0465. The lowest BCUT2D eigenvalue weighted by Gasteiger charge is -2.08. The normalized spacial score (nSPS) is 11.0. The van der Waals surface area contributed by atoms with Crippen molar-refractivity contribution in [3.05, 3.63) is 71.3 Å². The van der Waals surface area contributed by atoms with E-state index in [9.17, 15) is 4.79 Å². The summed E-state index contributed by atoms with van der Waals surface area (Å²) in [5.41, 5.74) is 1.73. The quantitative estimate of drug-likeness (QED) is 0.456. The predicted molar refractivity (Wildman–Crippen MR) is 92.0 cm³/mol. The van der Waals surface area contributed by atoms with Crippen molar-refractivity contribution in [1.29, 1.82) is 5.26 Å². The lowest BCUT2D eigenvalue weighted by atomic mass is 10.1. The van der Waals surface area contributed by atoms with Crippen LogP contribution in [-0.2, 0) is 16.1 Å². The number of hydrogen-bond acceptors (Lipinski definition) is 4. The number of carbonyl (C=O) groups excluding carboxylic acids is 1. The van der Waals surface area contributed by atoms with Crippen molar-refractivity contribution in [2.45, 2.75) is 26.6 Å². The number of rotatable bonds is 6. The predicted octanol–water partition coefficient (Wildman–Crippen LogP) is 4.12. The van der Waals surface area contributed by atoms with Crippen molar-refractivity contribution in [2.75, 3.05) is 0 Å². The van der Waals surface area contributed by atoms with Gasteiger partial charge in [-0.1, -0.05) is 42.5 Å². The molecule has 0 unspecified atom stereocenters. The van der Waals surface area contributed by atoms with Crippen LogP contribution in [0.2, 0.25) is 0 Å². The molecular formula is C20H19NO3. The standard InChI is InChI=1S/C20H19NO3/c1-15(2)24-20(22)18(13-21)11-17-9-6-10-19(12-17)23-14-16-7-4-3-5-8-16/h3-12,15H,14H2,1-2H3/b18-11+. The number of ether oxygens (including phenoxy) is 2. The Hall–Kier alpha value is -3.06. The van der Waals surface area contributed by atoms with Crippen LogP contribution in [0, 0.1) is 11.3 Å². The largest absolute Gasteiger partial charge is 0.489 e. The van der Waals surface area contributed by atoms with Gasteiger partial charge in [0, 0.05) is 0 Å². The fourth-order valence-electron chi connectivity index (χ4n) is 2.02. The van der Waals surface area contributed by atoms with Gasteiger partial charge >= 0.3 is 5.97 Å². The van der Waals surface area contributed by atoms with Gasteiger partial charge in [0.05, 0.1) is 6.10 Å². The molecule has 4 nitrogen and oxygen atoms in total. The molecule has 0 heterocycles. The smallest absolute Gasteiger partial charge is 0.349 e. The van der Waals surface area contributed by atoms with Crippen LogP contribution in [0.3, 0.4) is 0 Å². The molecule has 0 saturated carbocycles. The Labute approximate surface area is 141 Å². The Balaban J connectivity index is 2.10. The topological polar surface area (TPSA) is 59.3 Å². The lowest BCUT2D eigenvalue weighted by Crippen LogP contribution is -2.12. The summed E-state index contributed by atoms with van der Waals surface area (Å²) in [7, 11) is 0. The average Bonchev–Trinajstić information content (AvgIpc) is 2.58. The number of carbonyl (C=O) groups is 1. The van der Waals surface area contributed by atoms with E-state index in [2.05, 4.69) is 0 Å². The van der Waals surface area contributed by atoms with Crippen molar-refractivity contribution in [3.8, 4) is 11.8 Å². The van der Waals surface area contributed by atoms with E-state index in [1.807, 2.05) is 48.5 Å². The van der Waals surface area contributed by atoms with Crippen LogP contribution in [0.5, 0.6) is 5.75 Å². The van der Waals surface area contributed by atoms with Crippen LogP contribution >= 0.6 is 0 Å². The van der Waals surface area contributed by atoms with Gasteiger partial charge < -0.3 is 9.47 Å². The third-order valence-corrected chi connectivity index (χ3v) is 3.10. The van der Waals surface area contributed by atoms with Crippen LogP contribution < -0.4 is 4.74 Å². The van der Waals surface area contributed by atoms with E-state index in [0.717, 1.165) is 5.56 Å². The van der Waals surface area contributed by atoms with E-state index >= 15 is 0 Å². The first-order valence-electron chi connectivity index (χ1n) is 7.68. The van der Waals surface area contributed by atoms with Crippen molar-refractivity contribution in [3.63, 3.8) is 0 Å². The van der Waals surface area contributed by atoms with Crippen LogP contribution in [0.15, 0.2) is 60.2 Å². The fourth-order valence-corrected chi connectivity index (χ4v) is 2.02. The molecular weight excluding hydrogens is 302 g/mol. The number of esters is 1. The van der Waals surface area contributed by atoms with Crippen molar-refractivity contribution < 1.29 is 14.3 Å². The van der Waals surface area contributed by atoms with Gasteiger partial charge in [0.15, 0.2) is 0 Å². The summed E-state index contributed by atoms with van der Waals surface area (Å²) in [6.07, 6.45) is 1.23. The van der Waals surface area contributed by atoms with E-state index in [1.54, 1.807) is 26.0 Å². The molecule has 0 aliphatic carbocycles. The Bertz CT molecular complexity index is 758. The molecule has 0 fully saturated rings. The van der Waals surface area contributed by atoms with Gasteiger partial charge in [-0.15, -0.1) is 0 Å². The number of hydrogen-bond donors (Lipinski definition) is 0. The van der Waals surface area contributed by atoms with Crippen LogP contribution in [-0.4, -0.2) is 12.1 Å². The fraction of sp³-hybridized carbons (Fsp3) is 0.200. The molecule has 2 aromatic carbocycles. The second-order valence-electron chi connectivity index (χ2n) is 5.47. The van der Waals surface area contributed by atoms with E-state index < -0.39 is 5.97 Å². The highest BCUT2D eigenvalue weighted by atomic mass is 16.5. The van der Waals surface area contributed by atoms with Gasteiger partial charge in [0.25, 0.3) is 0 Å². The minimum absolute atomic E-state index is 0.0380. The van der Waals surface area contributed by atoms with Crippen molar-refractivity contribution in [2.24, 2.45) is 0 Å². The zero-order valence-electron chi connectivity index (χ0n) is 13.7. The SMILES string of the molecule is CC(C)OC(=O)/C(C#N)=C/c1cccc(OCc2ccccc2)c1. The summed E-state index contributed by atoms with van der Waals surface area (Å²) >= 11 is 0. The molecule has 0 spiro atoms. The molecule has 0 bridgehead atoms. The Morgan fingerprint density at radius 2 is 1.92 bits per heavy atom. The first kappa shape index (κ1) is 17.3. The monoisotopic (exact) mass is 321 g/mol. The van der Waals surface area contributed by atoms with Crippen LogP contribution in [0.1, 0.15) is 25.0 Å². The molecule has 0 N–H and O–H groups in total. The molecule has 122 valence electrons. The zero-order chi connectivity index (χ0) is 17.4. The molecule has 2 rings (SSSR count). The molecule has 0 atom stereocenters. The van der Waals surface area contributed by atoms with Crippen LogP contribution in [0.25, 0.3) is 6.08 Å². The molecule has 0 aliphatic rings. The first-order chi connectivity index (χ1) is 11.6. The van der Waals surface area contributed by atoms with Gasteiger partial charge in [0.1, 0.15) is 24.0 Å². The lowest BCUT2D eigenvalue weighted by molar-refractivity contribution is -0.142. The average molecular weight is 321 g/mol. The Morgan fingerprint density at radius 1 is 1.17 bits per heavy atom. The first-order valence-corrected chi connectivity index (χ1v) is 7.68. The number of nitrogens with zero attached hydrogens (tertiary/aromatic N) is 1. The number of benzene rings is 2. The van der Waals surface area contributed by atoms with E-state index in [-0.39, 0.29) is 11.7 Å². The number of nitriles is 1. The molecule has 2 aromatic rings. The molecule has 24 heavy (non-hydrogen) atoms. The van der Waals surface area contributed by atoms with Crippen molar-refractivity contribution >= 4 is 12.0 Å². The minimum Gasteiger partial charge on any atom is -0.489 e. The molecule has 0 radical (unpaired) electrons. The van der Waals surface area contributed by atoms with Crippen LogP contribution in [0.4, 0.5) is 0 Å². The summed E-state index contributed by atoms with van der Waals surface area (Å²) in [6, 6.07) is 18.9. The zero-order valence-corrected chi connectivity index (χ0v) is 13.7. The summed E-state index contributed by atoms with van der Waals surface area (Å²) in [4.78, 5) is 11.8. The van der Waals surface area contributed by atoms with Gasteiger partial charge in [-0.2, -0.15) is 5.26 Å². The van der Waals surface area contributed by atoms with Gasteiger partial charge in [0.2, 0.25) is 0 Å². The van der Waals surface area contributed by atoms with E-state index in [0.29, 0.717) is 17.9 Å². The summed E-state index contributed by atoms with van der Waals surface area (Å²) < 4.78 is 10.8. The Kier molecular flexibility index (Phi) is 6.16. The maximum absolute atomic E-state index is 11.8. The molecule has 0 aromatic heterocycles. The molecule has 0 amide bonds. The second kappa shape index (κ2) is 8.54. The van der Waals surface area contributed by atoms with Gasteiger partial charge in [-0.25, -0.2) is 4.79 Å². The maximum Gasteiger partial charge on any atom is 0.349 e. The third kappa shape index (κ3) is 5.29. The molecule has 0 saturated heterocycles. The second-order valence-corrected chi connectivity index (χ2v) is 5.47. The summed E-state index contributed by atoms with van der Waals surface area (Å²) in [5, 5.41) is 9.14. The van der Waals surface area contributed by atoms with E-state index in [1.165, 1.54) is 6.08 Å². The van der Waals surface area contributed by atoms with Gasteiger partial charge in [-0.05, 0) is 43.2 Å². The summed E-state index contributed by atoms with van der Waals surface area (Å²) in [6.45, 7) is 3.93. The van der Waals surface area contributed by atoms with Gasteiger partial charge in [-0.3, -0.25) is 0 Å². The third-order valence-electron chi connectivity index (χ3n) is 3.10. The highest BCUT2D eigenvalue weighted by Gasteiger charge is 2.12. The minimum atomic E-state index is -0.622. The Morgan fingerprint density at radius 3 is 2.58 bits per heavy atom. The maximum atomic E-state index is 11.8. The highest BCUT2D eigenvalue weighted by molar-refractivity contribution is 5.98. The highest BCUT2D eigenvalue weighted by Crippen LogP contribution is 2.18. The van der Waals surface area contributed by atoms with E-state index in [4.69, 9.17) is 14.7 Å². The molecule has 0 aliphatic heterocycles. The van der Waals surface area contributed by atoms with Crippen molar-refractivity contribution in [1.82, 2.24) is 0 Å². The molecule has 4 heteroatoms.